The van der Waals surface area contributed by atoms with E-state index < -0.39 is 23.5 Å². The first kappa shape index (κ1) is 17.1. The summed E-state index contributed by atoms with van der Waals surface area (Å²) in [6.45, 7) is -0.123. The molecule has 0 saturated carbocycles. The van der Waals surface area contributed by atoms with Crippen molar-refractivity contribution in [1.29, 1.82) is 0 Å². The molecule has 0 atom stereocenters. The van der Waals surface area contributed by atoms with Crippen LogP contribution in [0.2, 0.25) is 0 Å². The van der Waals surface area contributed by atoms with Crippen molar-refractivity contribution in [3.63, 3.8) is 0 Å². The van der Waals surface area contributed by atoms with Crippen molar-refractivity contribution in [2.24, 2.45) is 0 Å². The molecule has 2 aromatic rings. The van der Waals surface area contributed by atoms with E-state index in [1.807, 2.05) is 0 Å². The number of furan rings is 1. The lowest BCUT2D eigenvalue weighted by molar-refractivity contribution is -0.153. The molecule has 1 aromatic carbocycles. The van der Waals surface area contributed by atoms with Gasteiger partial charge in [0.2, 0.25) is 5.76 Å². The Kier molecular flexibility index (Phi) is 5.33. The summed E-state index contributed by atoms with van der Waals surface area (Å²) < 4.78 is 48.3. The molecule has 1 heterocycles. The second kappa shape index (κ2) is 6.87. The number of benzene rings is 1. The van der Waals surface area contributed by atoms with Gasteiger partial charge < -0.3 is 9.15 Å². The molecule has 22 heavy (non-hydrogen) atoms. The van der Waals surface area contributed by atoms with Crippen LogP contribution in [0.15, 0.2) is 40.8 Å². The zero-order valence-corrected chi connectivity index (χ0v) is 14.0. The molecule has 0 N–H and O–H groups in total. The van der Waals surface area contributed by atoms with Crippen LogP contribution in [0.4, 0.5) is 13.2 Å². The smallest absolute Gasteiger partial charge is 0.450 e. The van der Waals surface area contributed by atoms with Gasteiger partial charge in [-0.3, -0.25) is 0 Å². The molecule has 0 saturated heterocycles. The highest BCUT2D eigenvalue weighted by molar-refractivity contribution is 9.24. The zero-order valence-electron chi connectivity index (χ0n) is 10.9. The Morgan fingerprint density at radius 3 is 2.41 bits per heavy atom. The largest absolute Gasteiger partial charge is 0.460 e. The second-order valence-corrected chi connectivity index (χ2v) is 7.65. The van der Waals surface area contributed by atoms with Crippen molar-refractivity contribution in [1.82, 2.24) is 0 Å². The number of carbonyl (C=O) groups is 1. The van der Waals surface area contributed by atoms with Crippen LogP contribution in [0.5, 0.6) is 0 Å². The fourth-order valence-electron chi connectivity index (χ4n) is 1.71. The third-order valence-corrected chi connectivity index (χ3v) is 3.14. The summed E-state index contributed by atoms with van der Waals surface area (Å²) in [6, 6.07) is 9.24. The minimum Gasteiger partial charge on any atom is -0.460 e. The molecule has 0 aliphatic carbocycles. The van der Waals surface area contributed by atoms with Crippen molar-refractivity contribution >= 4 is 37.8 Å². The van der Waals surface area contributed by atoms with Crippen molar-refractivity contribution in [3.8, 4) is 11.3 Å². The van der Waals surface area contributed by atoms with E-state index in [0.717, 1.165) is 6.07 Å². The highest BCUT2D eigenvalue weighted by Gasteiger charge is 2.41. The third kappa shape index (κ3) is 4.13. The van der Waals surface area contributed by atoms with Crippen LogP contribution in [-0.2, 0) is 10.9 Å². The summed E-state index contributed by atoms with van der Waals surface area (Å²) in [5, 5.41) is 0. The van der Waals surface area contributed by atoms with Gasteiger partial charge in [-0.05, 0) is 6.07 Å². The predicted octanol–water partition coefficient (Wildman–Crippen LogP) is 5.24. The van der Waals surface area contributed by atoms with E-state index >= 15 is 0 Å². The second-order valence-electron chi connectivity index (χ2n) is 4.21. The Morgan fingerprint density at radius 2 is 1.86 bits per heavy atom. The van der Waals surface area contributed by atoms with Crippen LogP contribution in [0.1, 0.15) is 16.1 Å². The van der Waals surface area contributed by atoms with Crippen molar-refractivity contribution in [2.45, 2.75) is 9.91 Å². The van der Waals surface area contributed by atoms with E-state index in [9.17, 15) is 18.0 Å². The molecule has 2 rings (SSSR count). The lowest BCUT2D eigenvalue weighted by Gasteiger charge is -2.07. The SMILES string of the molecule is O=C(OCC(Br)Br)c1cc(-c2ccccc2)oc1C(F)(F)F. The summed E-state index contributed by atoms with van der Waals surface area (Å²) in [6.07, 6.45) is -4.79. The molecule has 0 unspecified atom stereocenters. The lowest BCUT2D eigenvalue weighted by Crippen LogP contribution is -2.15. The van der Waals surface area contributed by atoms with Gasteiger partial charge in [0.25, 0.3) is 0 Å². The van der Waals surface area contributed by atoms with Crippen LogP contribution in [0, 0.1) is 0 Å². The molecule has 3 nitrogen and oxygen atoms in total. The Hall–Kier alpha value is -1.28. The number of hydrogen-bond donors (Lipinski definition) is 0. The number of rotatable bonds is 4. The molecule has 0 fully saturated rings. The van der Waals surface area contributed by atoms with Gasteiger partial charge in [-0.1, -0.05) is 62.2 Å². The van der Waals surface area contributed by atoms with Crippen LogP contribution < -0.4 is 0 Å². The maximum absolute atomic E-state index is 13.0. The molecule has 0 radical (unpaired) electrons. The standard InChI is InChI=1S/C14H9Br2F3O3/c15-11(16)7-21-13(20)9-6-10(8-4-2-1-3-5-8)22-12(9)14(17,18)19/h1-6,11H,7H2. The molecule has 0 aliphatic rings. The first-order valence-corrected chi connectivity index (χ1v) is 7.84. The first-order chi connectivity index (χ1) is 10.3. The molecule has 0 bridgehead atoms. The highest BCUT2D eigenvalue weighted by atomic mass is 79.9. The molecule has 8 heteroatoms. The van der Waals surface area contributed by atoms with Gasteiger partial charge in [0.05, 0.1) is 0 Å². The van der Waals surface area contributed by atoms with Gasteiger partial charge in [0.15, 0.2) is 0 Å². The van der Waals surface area contributed by atoms with E-state index in [-0.39, 0.29) is 16.1 Å². The normalized spacial score (nSPS) is 11.7. The van der Waals surface area contributed by atoms with Gasteiger partial charge in [-0.2, -0.15) is 13.2 Å². The molecule has 0 spiro atoms. The summed E-state index contributed by atoms with van der Waals surface area (Å²) in [7, 11) is 0. The van der Waals surface area contributed by atoms with Crippen molar-refractivity contribution in [2.75, 3.05) is 6.61 Å². The van der Waals surface area contributed by atoms with Crippen LogP contribution in [0.25, 0.3) is 11.3 Å². The maximum atomic E-state index is 13.0. The average Bonchev–Trinajstić information content (AvgIpc) is 2.91. The number of halogens is 5. The fraction of sp³-hybridized carbons (Fsp3) is 0.214. The quantitative estimate of drug-likeness (QED) is 0.481. The number of esters is 1. The van der Waals surface area contributed by atoms with Crippen molar-refractivity contribution < 1.29 is 27.1 Å². The molecule has 0 aliphatic heterocycles. The third-order valence-electron chi connectivity index (χ3n) is 2.61. The molecule has 118 valence electrons. The van der Waals surface area contributed by atoms with E-state index in [1.54, 1.807) is 30.3 Å². The average molecular weight is 442 g/mol. The fourth-order valence-corrected chi connectivity index (χ4v) is 1.98. The summed E-state index contributed by atoms with van der Waals surface area (Å²) in [5.41, 5.74) is -0.210. The van der Waals surface area contributed by atoms with Gasteiger partial charge in [-0.25, -0.2) is 4.79 Å². The van der Waals surface area contributed by atoms with Crippen molar-refractivity contribution in [3.05, 3.63) is 47.7 Å². The predicted molar refractivity (Wildman–Crippen MR) is 81.1 cm³/mol. The summed E-state index contributed by atoms with van der Waals surface area (Å²) in [4.78, 5) is 11.8. The van der Waals surface area contributed by atoms with Crippen LogP contribution in [-0.4, -0.2) is 16.3 Å². The molecule has 1 aromatic heterocycles. The minimum atomic E-state index is -4.79. The van der Waals surface area contributed by atoms with E-state index in [2.05, 4.69) is 31.9 Å². The van der Waals surface area contributed by atoms with Crippen LogP contribution in [0.3, 0.4) is 0 Å². The maximum Gasteiger partial charge on any atom is 0.450 e. The number of ether oxygens (including phenoxy) is 1. The summed E-state index contributed by atoms with van der Waals surface area (Å²) in [5.74, 6) is -2.51. The Morgan fingerprint density at radius 1 is 1.23 bits per heavy atom. The summed E-state index contributed by atoms with van der Waals surface area (Å²) >= 11 is 6.14. The lowest BCUT2D eigenvalue weighted by atomic mass is 10.1. The molecular weight excluding hydrogens is 433 g/mol. The highest BCUT2D eigenvalue weighted by Crippen LogP contribution is 2.37. The molecular formula is C14H9Br2F3O3. The van der Waals surface area contributed by atoms with E-state index in [1.165, 1.54) is 0 Å². The monoisotopic (exact) mass is 440 g/mol. The van der Waals surface area contributed by atoms with Gasteiger partial charge in [0.1, 0.15) is 21.7 Å². The van der Waals surface area contributed by atoms with Gasteiger partial charge in [-0.15, -0.1) is 0 Å². The van der Waals surface area contributed by atoms with E-state index in [4.69, 9.17) is 9.15 Å². The Balaban J connectivity index is 2.39. The van der Waals surface area contributed by atoms with Crippen LogP contribution >= 0.6 is 31.9 Å². The topological polar surface area (TPSA) is 39.4 Å². The minimum absolute atomic E-state index is 0.0471. The Bertz CT molecular complexity index is 651. The number of hydrogen-bond acceptors (Lipinski definition) is 3. The van der Waals surface area contributed by atoms with Gasteiger partial charge in [0, 0.05) is 5.56 Å². The number of carbonyl (C=O) groups excluding carboxylic acids is 1. The Labute approximate surface area is 140 Å². The number of alkyl halides is 5. The zero-order chi connectivity index (χ0) is 16.3. The van der Waals surface area contributed by atoms with Gasteiger partial charge >= 0.3 is 12.1 Å². The first-order valence-electron chi connectivity index (χ1n) is 6.00. The molecule has 0 amide bonds. The van der Waals surface area contributed by atoms with E-state index in [0.29, 0.717) is 5.56 Å².